The van der Waals surface area contributed by atoms with Gasteiger partial charge >= 0.3 is 0 Å². The molecule has 0 spiro atoms. The minimum Gasteiger partial charge on any atom is -0.375 e. The number of carbonyl (C=O) groups is 1. The van der Waals surface area contributed by atoms with Crippen LogP contribution in [0.1, 0.15) is 11.5 Å². The molecule has 0 saturated heterocycles. The summed E-state index contributed by atoms with van der Waals surface area (Å²) >= 11 is 10.6. The summed E-state index contributed by atoms with van der Waals surface area (Å²) in [6.45, 7) is 0. The van der Waals surface area contributed by atoms with Crippen molar-refractivity contribution < 1.29 is 4.79 Å². The summed E-state index contributed by atoms with van der Waals surface area (Å²) in [4.78, 5) is 12.6. The first-order chi connectivity index (χ1) is 12.0. The van der Waals surface area contributed by atoms with Gasteiger partial charge in [0.15, 0.2) is 5.11 Å². The highest BCUT2D eigenvalue weighted by Crippen LogP contribution is 2.19. The van der Waals surface area contributed by atoms with Crippen molar-refractivity contribution in [3.05, 3.63) is 65.2 Å². The second-order valence-corrected chi connectivity index (χ2v) is 5.79. The minimum atomic E-state index is -0.901. The number of thiocarbonyl (C=S) groups is 1. The Morgan fingerprint density at radius 2 is 1.96 bits per heavy atom. The Morgan fingerprint density at radius 3 is 2.56 bits per heavy atom. The first-order valence-electron chi connectivity index (χ1n) is 7.15. The molecule has 0 fully saturated rings. The molecular weight excluding hydrogens is 358 g/mol. The summed E-state index contributed by atoms with van der Waals surface area (Å²) in [5.41, 5.74) is 8.77. The lowest BCUT2D eigenvalue weighted by molar-refractivity contribution is -0.110. The topological polar surface area (TPSA) is 103 Å². The number of hydrazone groups is 1. The second-order valence-electron chi connectivity index (χ2n) is 4.91. The average Bonchev–Trinajstić information content (AvgIpc) is 2.59. The van der Waals surface area contributed by atoms with Crippen LogP contribution in [0.4, 0.5) is 5.69 Å². The highest BCUT2D eigenvalue weighted by Gasteiger charge is 2.25. The molecule has 0 aromatic heterocycles. The Balaban J connectivity index is 2.35. The number of anilines is 1. The zero-order chi connectivity index (χ0) is 18.2. The molecule has 0 heterocycles. The number of nitrogens with one attached hydrogen (secondary N) is 2. The van der Waals surface area contributed by atoms with Gasteiger partial charge in [-0.25, -0.2) is 0 Å². The molecule has 1 amide bonds. The Morgan fingerprint density at radius 1 is 1.24 bits per heavy atom. The summed E-state index contributed by atoms with van der Waals surface area (Å²) < 4.78 is 0. The van der Waals surface area contributed by atoms with Gasteiger partial charge in [-0.05, 0) is 36.0 Å². The molecule has 0 aliphatic heterocycles. The van der Waals surface area contributed by atoms with Gasteiger partial charge in [-0.3, -0.25) is 10.2 Å². The highest BCUT2D eigenvalue weighted by atomic mass is 35.5. The Kier molecular flexibility index (Phi) is 6.46. The molecule has 2 aromatic rings. The molecule has 0 unspecified atom stereocenters. The summed E-state index contributed by atoms with van der Waals surface area (Å²) in [6.07, 6.45) is 0. The van der Waals surface area contributed by atoms with E-state index in [0.29, 0.717) is 16.3 Å². The van der Waals surface area contributed by atoms with Gasteiger partial charge in [-0.15, -0.1) is 0 Å². The lowest BCUT2D eigenvalue weighted by Gasteiger charge is -2.13. The maximum atomic E-state index is 12.6. The van der Waals surface area contributed by atoms with E-state index in [2.05, 4.69) is 21.9 Å². The van der Waals surface area contributed by atoms with Crippen molar-refractivity contribution >= 4 is 46.2 Å². The molecule has 2 rings (SSSR count). The van der Waals surface area contributed by atoms with Crippen molar-refractivity contribution in [3.8, 4) is 6.07 Å². The van der Waals surface area contributed by atoms with Gasteiger partial charge < -0.3 is 11.1 Å². The lowest BCUT2D eigenvalue weighted by atomic mass is 9.95. The number of hydrogen-bond acceptors (Lipinski definition) is 4. The fourth-order valence-electron chi connectivity index (χ4n) is 2.06. The largest absolute Gasteiger partial charge is 0.375 e. The molecule has 0 aliphatic carbocycles. The van der Waals surface area contributed by atoms with E-state index >= 15 is 0 Å². The molecule has 8 heteroatoms. The number of rotatable bonds is 5. The molecule has 25 heavy (non-hydrogen) atoms. The summed E-state index contributed by atoms with van der Waals surface area (Å²) in [5, 5.41) is 16.5. The zero-order valence-corrected chi connectivity index (χ0v) is 14.5. The van der Waals surface area contributed by atoms with Crippen LogP contribution in [0.3, 0.4) is 0 Å². The standard InChI is InChI=1S/C17H14ClN5OS/c18-12-7-4-8-13(9-12)21-16(24)15(22-23-17(20)25)14(10-19)11-5-2-1-3-6-11/h1-9,14H,(H,21,24)(H3,20,23,25)/b22-15+/t14-/m1/s1. The van der Waals surface area contributed by atoms with Crippen molar-refractivity contribution in [2.24, 2.45) is 10.8 Å². The van der Waals surface area contributed by atoms with E-state index in [1.54, 1.807) is 48.5 Å². The zero-order valence-electron chi connectivity index (χ0n) is 12.9. The SMILES string of the molecule is N#C[C@@H](/C(=N\NC(N)=S)C(=O)Nc1cccc(Cl)c1)c1ccccc1. The highest BCUT2D eigenvalue weighted by molar-refractivity contribution is 7.80. The van der Waals surface area contributed by atoms with Crippen molar-refractivity contribution in [2.75, 3.05) is 5.32 Å². The third-order valence-electron chi connectivity index (χ3n) is 3.14. The Bertz CT molecular complexity index is 848. The molecule has 4 N–H and O–H groups in total. The molecule has 0 bridgehead atoms. The predicted molar refractivity (Wildman–Crippen MR) is 102 cm³/mol. The normalized spacial score (nSPS) is 11.9. The number of carbonyl (C=O) groups excluding carboxylic acids is 1. The van der Waals surface area contributed by atoms with Crippen molar-refractivity contribution in [3.63, 3.8) is 0 Å². The van der Waals surface area contributed by atoms with Crippen molar-refractivity contribution in [1.82, 2.24) is 5.43 Å². The van der Waals surface area contributed by atoms with Crippen LogP contribution >= 0.6 is 23.8 Å². The number of benzene rings is 2. The number of nitrogens with zero attached hydrogens (tertiary/aromatic N) is 2. The lowest BCUT2D eigenvalue weighted by Crippen LogP contribution is -2.33. The van der Waals surface area contributed by atoms with E-state index in [1.165, 1.54) is 0 Å². The quantitative estimate of drug-likeness (QED) is 0.426. The second kappa shape index (κ2) is 8.78. The number of halogens is 1. The van der Waals surface area contributed by atoms with Crippen LogP contribution in [-0.2, 0) is 4.79 Å². The number of nitrogens with two attached hydrogens (primary N) is 1. The summed E-state index contributed by atoms with van der Waals surface area (Å²) in [6, 6.07) is 17.5. The minimum absolute atomic E-state index is 0.0681. The number of hydrogen-bond donors (Lipinski definition) is 3. The molecular formula is C17H14ClN5OS. The van der Waals surface area contributed by atoms with Gasteiger partial charge in [0.05, 0.1) is 6.07 Å². The average molecular weight is 372 g/mol. The Labute approximate surface area is 155 Å². The van der Waals surface area contributed by atoms with Crippen molar-refractivity contribution in [2.45, 2.75) is 5.92 Å². The first-order valence-corrected chi connectivity index (χ1v) is 7.94. The fraction of sp³-hybridized carbons (Fsp3) is 0.0588. The van der Waals surface area contributed by atoms with Gasteiger partial charge in [-0.2, -0.15) is 10.4 Å². The van der Waals surface area contributed by atoms with Crippen LogP contribution in [0.25, 0.3) is 0 Å². The third-order valence-corrected chi connectivity index (χ3v) is 3.46. The van der Waals surface area contributed by atoms with Gasteiger partial charge in [0.25, 0.3) is 5.91 Å². The van der Waals surface area contributed by atoms with Crippen LogP contribution in [0.2, 0.25) is 5.02 Å². The Hall–Kier alpha value is -2.95. The molecule has 2 aromatic carbocycles. The molecule has 0 radical (unpaired) electrons. The number of nitriles is 1. The first kappa shape index (κ1) is 18.4. The summed E-state index contributed by atoms with van der Waals surface area (Å²) in [7, 11) is 0. The molecule has 1 atom stereocenters. The van der Waals surface area contributed by atoms with Crippen LogP contribution in [-0.4, -0.2) is 16.7 Å². The van der Waals surface area contributed by atoms with Crippen LogP contribution < -0.4 is 16.5 Å². The van der Waals surface area contributed by atoms with Crippen LogP contribution in [0.15, 0.2) is 59.7 Å². The van der Waals surface area contributed by atoms with Crippen molar-refractivity contribution in [1.29, 1.82) is 5.26 Å². The monoisotopic (exact) mass is 371 g/mol. The molecule has 0 saturated carbocycles. The van der Waals surface area contributed by atoms with E-state index in [9.17, 15) is 10.1 Å². The fourth-order valence-corrected chi connectivity index (χ4v) is 2.30. The molecule has 126 valence electrons. The van der Waals surface area contributed by atoms with Crippen LogP contribution in [0, 0.1) is 11.3 Å². The number of amides is 1. The molecule has 6 nitrogen and oxygen atoms in total. The van der Waals surface area contributed by atoms with E-state index in [0.717, 1.165) is 0 Å². The third kappa shape index (κ3) is 5.28. The van der Waals surface area contributed by atoms with E-state index in [1.807, 2.05) is 6.07 Å². The van der Waals surface area contributed by atoms with E-state index in [-0.39, 0.29) is 10.8 Å². The van der Waals surface area contributed by atoms with Gasteiger partial charge in [-0.1, -0.05) is 48.0 Å². The van der Waals surface area contributed by atoms with Gasteiger partial charge in [0, 0.05) is 10.7 Å². The maximum Gasteiger partial charge on any atom is 0.273 e. The van der Waals surface area contributed by atoms with Crippen LogP contribution in [0.5, 0.6) is 0 Å². The molecule has 0 aliphatic rings. The van der Waals surface area contributed by atoms with E-state index in [4.69, 9.17) is 29.6 Å². The van der Waals surface area contributed by atoms with Gasteiger partial charge in [0.2, 0.25) is 0 Å². The summed E-state index contributed by atoms with van der Waals surface area (Å²) in [5.74, 6) is -1.47. The van der Waals surface area contributed by atoms with Gasteiger partial charge in [0.1, 0.15) is 11.6 Å². The van der Waals surface area contributed by atoms with E-state index < -0.39 is 11.8 Å². The maximum absolute atomic E-state index is 12.6. The predicted octanol–water partition coefficient (Wildman–Crippen LogP) is 2.78. The smallest absolute Gasteiger partial charge is 0.273 e.